The molecule has 0 saturated heterocycles. The zero-order valence-electron chi connectivity index (χ0n) is 17.9. The van der Waals surface area contributed by atoms with Crippen molar-refractivity contribution in [3.63, 3.8) is 0 Å². The Morgan fingerprint density at radius 1 is 1.16 bits per heavy atom. The van der Waals surface area contributed by atoms with Crippen LogP contribution in [0, 0.1) is 18.7 Å². The highest BCUT2D eigenvalue weighted by atomic mass is 32.1. The highest BCUT2D eigenvalue weighted by Gasteiger charge is 2.27. The third-order valence-electron chi connectivity index (χ3n) is 6.32. The lowest BCUT2D eigenvalue weighted by Crippen LogP contribution is -2.28. The van der Waals surface area contributed by atoms with Gasteiger partial charge in [-0.2, -0.15) is 0 Å². The summed E-state index contributed by atoms with van der Waals surface area (Å²) in [5.41, 5.74) is 4.09. The van der Waals surface area contributed by atoms with Gasteiger partial charge in [0.15, 0.2) is 5.13 Å². The molecule has 0 spiro atoms. The zero-order chi connectivity index (χ0) is 22.2. The monoisotopic (exact) mass is 449 g/mol. The zero-order valence-corrected chi connectivity index (χ0v) is 18.7. The van der Waals surface area contributed by atoms with E-state index in [0.717, 1.165) is 59.5 Å². The molecule has 1 aliphatic carbocycles. The van der Waals surface area contributed by atoms with E-state index in [-0.39, 0.29) is 17.7 Å². The first-order chi connectivity index (χ1) is 15.5. The molecule has 1 aromatic heterocycles. The lowest BCUT2D eigenvalue weighted by molar-refractivity contribution is -0.119. The second-order valence-corrected chi connectivity index (χ2v) is 9.66. The number of carbonyl (C=O) groups excluding carboxylic acids is 2. The fourth-order valence-electron chi connectivity index (χ4n) is 4.65. The van der Waals surface area contributed by atoms with Gasteiger partial charge in [0.25, 0.3) is 5.91 Å². The maximum absolute atomic E-state index is 13.6. The number of halogens is 1. The largest absolute Gasteiger partial charge is 0.308 e. The van der Waals surface area contributed by atoms with Crippen LogP contribution >= 0.6 is 11.3 Å². The Balaban J connectivity index is 1.36. The number of thiazole rings is 1. The van der Waals surface area contributed by atoms with E-state index in [1.165, 1.54) is 23.5 Å². The number of hydrogen-bond donors (Lipinski definition) is 1. The summed E-state index contributed by atoms with van der Waals surface area (Å²) in [6, 6.07) is 11.8. The molecule has 1 aliphatic heterocycles. The summed E-state index contributed by atoms with van der Waals surface area (Å²) in [6.45, 7) is 2.57. The van der Waals surface area contributed by atoms with Crippen molar-refractivity contribution in [1.82, 2.24) is 4.98 Å². The van der Waals surface area contributed by atoms with E-state index in [9.17, 15) is 14.0 Å². The smallest absolute Gasteiger partial charge is 0.258 e. The molecule has 2 amide bonds. The SMILES string of the molecule is Cc1sc(NC(=O)C2CCCC2)nc1-c1ccc2c(c1)CCN2C(=O)c1cccc(F)c1. The number of benzene rings is 2. The first kappa shape index (κ1) is 20.8. The lowest BCUT2D eigenvalue weighted by Gasteiger charge is -2.17. The Bertz CT molecular complexity index is 1200. The molecule has 0 atom stereocenters. The first-order valence-corrected chi connectivity index (χ1v) is 11.8. The Labute approximate surface area is 190 Å². The van der Waals surface area contributed by atoms with E-state index in [4.69, 9.17) is 4.98 Å². The number of hydrogen-bond acceptors (Lipinski definition) is 4. The van der Waals surface area contributed by atoms with E-state index in [0.29, 0.717) is 17.2 Å². The van der Waals surface area contributed by atoms with Gasteiger partial charge in [-0.05, 0) is 62.1 Å². The van der Waals surface area contributed by atoms with Gasteiger partial charge in [0, 0.05) is 34.2 Å². The van der Waals surface area contributed by atoms with E-state index in [1.807, 2.05) is 19.1 Å². The number of anilines is 2. The van der Waals surface area contributed by atoms with E-state index in [2.05, 4.69) is 11.4 Å². The summed E-state index contributed by atoms with van der Waals surface area (Å²) in [4.78, 5) is 32.8. The molecule has 2 aromatic carbocycles. The van der Waals surface area contributed by atoms with Crippen LogP contribution in [0.1, 0.15) is 46.5 Å². The van der Waals surface area contributed by atoms with Crippen LogP contribution in [0.5, 0.6) is 0 Å². The highest BCUT2D eigenvalue weighted by Crippen LogP contribution is 2.36. The van der Waals surface area contributed by atoms with Crippen molar-refractivity contribution >= 4 is 34.0 Å². The fraction of sp³-hybridized carbons (Fsp3) is 0.320. The summed E-state index contributed by atoms with van der Waals surface area (Å²) in [6.07, 6.45) is 4.89. The minimum Gasteiger partial charge on any atom is -0.308 e. The Kier molecular flexibility index (Phi) is 5.51. The van der Waals surface area contributed by atoms with Gasteiger partial charge in [-0.25, -0.2) is 9.37 Å². The minimum atomic E-state index is -0.416. The Morgan fingerprint density at radius 2 is 1.97 bits per heavy atom. The van der Waals surface area contributed by atoms with Crippen LogP contribution < -0.4 is 10.2 Å². The topological polar surface area (TPSA) is 62.3 Å². The van der Waals surface area contributed by atoms with Gasteiger partial charge in [0.1, 0.15) is 5.82 Å². The number of rotatable bonds is 4. The number of fused-ring (bicyclic) bond motifs is 1. The molecular formula is C25H24FN3O2S. The molecule has 0 radical (unpaired) electrons. The molecular weight excluding hydrogens is 425 g/mol. The number of nitrogens with zero attached hydrogens (tertiary/aromatic N) is 2. The number of amides is 2. The van der Waals surface area contributed by atoms with Crippen molar-refractivity contribution < 1.29 is 14.0 Å². The third kappa shape index (κ3) is 3.93. The van der Waals surface area contributed by atoms with E-state index < -0.39 is 5.82 Å². The molecule has 0 unspecified atom stereocenters. The van der Waals surface area contributed by atoms with Gasteiger partial charge in [-0.1, -0.05) is 25.0 Å². The van der Waals surface area contributed by atoms with Gasteiger partial charge in [-0.15, -0.1) is 11.3 Å². The minimum absolute atomic E-state index is 0.0725. The molecule has 2 aliphatic rings. The van der Waals surface area contributed by atoms with E-state index in [1.54, 1.807) is 17.0 Å². The Morgan fingerprint density at radius 3 is 2.75 bits per heavy atom. The predicted molar refractivity (Wildman–Crippen MR) is 125 cm³/mol. The Hall–Kier alpha value is -3.06. The van der Waals surface area contributed by atoms with Gasteiger partial charge in [0.2, 0.25) is 5.91 Å². The second-order valence-electron chi connectivity index (χ2n) is 8.46. The van der Waals surface area contributed by atoms with Gasteiger partial charge < -0.3 is 10.2 Å². The van der Waals surface area contributed by atoms with Crippen molar-refractivity contribution in [2.24, 2.45) is 5.92 Å². The summed E-state index contributed by atoms with van der Waals surface area (Å²) in [7, 11) is 0. The van der Waals surface area contributed by atoms with Gasteiger partial charge in [0.05, 0.1) is 5.69 Å². The van der Waals surface area contributed by atoms with Gasteiger partial charge in [-0.3, -0.25) is 9.59 Å². The predicted octanol–water partition coefficient (Wildman–Crippen LogP) is 5.59. The average Bonchev–Trinajstić information content (AvgIpc) is 3.53. The molecule has 164 valence electrons. The average molecular weight is 450 g/mol. The molecule has 1 fully saturated rings. The third-order valence-corrected chi connectivity index (χ3v) is 7.20. The van der Waals surface area contributed by atoms with Crippen LogP contribution in [0.4, 0.5) is 15.2 Å². The molecule has 1 N–H and O–H groups in total. The molecule has 7 heteroatoms. The van der Waals surface area contributed by atoms with Crippen LogP contribution in [-0.2, 0) is 11.2 Å². The van der Waals surface area contributed by atoms with Crippen molar-refractivity contribution in [3.8, 4) is 11.3 Å². The summed E-state index contributed by atoms with van der Waals surface area (Å²) >= 11 is 1.49. The van der Waals surface area contributed by atoms with Crippen molar-refractivity contribution in [3.05, 3.63) is 64.3 Å². The molecule has 1 saturated carbocycles. The van der Waals surface area contributed by atoms with Crippen LogP contribution in [-0.4, -0.2) is 23.3 Å². The van der Waals surface area contributed by atoms with Crippen molar-refractivity contribution in [2.45, 2.75) is 39.0 Å². The fourth-order valence-corrected chi connectivity index (χ4v) is 5.49. The molecule has 0 bridgehead atoms. The van der Waals surface area contributed by atoms with E-state index >= 15 is 0 Å². The lowest BCUT2D eigenvalue weighted by atomic mass is 10.1. The van der Waals surface area contributed by atoms with Crippen LogP contribution in [0.25, 0.3) is 11.3 Å². The van der Waals surface area contributed by atoms with Crippen LogP contribution in [0.15, 0.2) is 42.5 Å². The maximum atomic E-state index is 13.6. The number of aryl methyl sites for hydroxylation is 1. The van der Waals surface area contributed by atoms with Crippen molar-refractivity contribution in [1.29, 1.82) is 0 Å². The molecule has 5 nitrogen and oxygen atoms in total. The normalized spacial score (nSPS) is 15.8. The quantitative estimate of drug-likeness (QED) is 0.565. The summed E-state index contributed by atoms with van der Waals surface area (Å²) in [5.74, 6) is -0.439. The van der Waals surface area contributed by atoms with Crippen LogP contribution in [0.3, 0.4) is 0 Å². The molecule has 32 heavy (non-hydrogen) atoms. The van der Waals surface area contributed by atoms with Crippen molar-refractivity contribution in [2.75, 3.05) is 16.8 Å². The summed E-state index contributed by atoms with van der Waals surface area (Å²) < 4.78 is 13.6. The number of carbonyl (C=O) groups is 2. The first-order valence-electron chi connectivity index (χ1n) is 11.0. The number of aromatic nitrogens is 1. The standard InChI is InChI=1S/C25H24FN3O2S/c1-15-22(27-25(32-15)28-23(30)16-5-2-3-6-16)18-9-10-21-17(13-18)11-12-29(21)24(31)19-7-4-8-20(26)14-19/h4,7-10,13-14,16H,2-3,5-6,11-12H2,1H3,(H,27,28,30). The summed E-state index contributed by atoms with van der Waals surface area (Å²) in [5, 5.41) is 3.63. The van der Waals surface area contributed by atoms with Crippen LogP contribution in [0.2, 0.25) is 0 Å². The second kappa shape index (κ2) is 8.47. The highest BCUT2D eigenvalue weighted by molar-refractivity contribution is 7.16. The maximum Gasteiger partial charge on any atom is 0.258 e. The molecule has 5 rings (SSSR count). The van der Waals surface area contributed by atoms with Gasteiger partial charge >= 0.3 is 0 Å². The molecule has 3 aromatic rings. The number of nitrogens with one attached hydrogen (secondary N) is 1. The molecule has 2 heterocycles.